The van der Waals surface area contributed by atoms with Gasteiger partial charge in [-0.3, -0.25) is 4.79 Å². The van der Waals surface area contributed by atoms with Crippen LogP contribution in [0.25, 0.3) is 0 Å². The van der Waals surface area contributed by atoms with E-state index in [0.717, 1.165) is 43.2 Å². The zero-order valence-electron chi connectivity index (χ0n) is 14.1. The van der Waals surface area contributed by atoms with Crippen molar-refractivity contribution in [1.82, 2.24) is 5.32 Å². The molecule has 0 unspecified atom stereocenters. The minimum atomic E-state index is -0.978. The van der Waals surface area contributed by atoms with Gasteiger partial charge in [0, 0.05) is 5.56 Å². The highest BCUT2D eigenvalue weighted by Gasteiger charge is 2.20. The average molecular weight is 317 g/mol. The molecule has 1 aromatic carbocycles. The first-order valence-corrected chi connectivity index (χ1v) is 8.17. The first-order chi connectivity index (χ1) is 10.9. The molecular formula is C19H27NO3. The van der Waals surface area contributed by atoms with Crippen LogP contribution >= 0.6 is 0 Å². The highest BCUT2D eigenvalue weighted by Crippen LogP contribution is 2.11. The standard InChI is InChI=1S/C19H27NO3/c1-4-5-6-7-8-9-10-17(19(22)23)20-18(21)16-12-14(2)11-15(3)13-16/h4,11-13,17H,1,5-10H2,2-3H3,(H,20,21)(H,22,23)/t17-/m0/s1. The summed E-state index contributed by atoms with van der Waals surface area (Å²) in [5.41, 5.74) is 2.49. The molecule has 0 aliphatic heterocycles. The summed E-state index contributed by atoms with van der Waals surface area (Å²) in [7, 11) is 0. The lowest BCUT2D eigenvalue weighted by Gasteiger charge is -2.15. The van der Waals surface area contributed by atoms with Gasteiger partial charge in [0.1, 0.15) is 6.04 Å². The fraction of sp³-hybridized carbons (Fsp3) is 0.474. The van der Waals surface area contributed by atoms with Gasteiger partial charge in [-0.25, -0.2) is 4.79 Å². The molecule has 126 valence electrons. The Kier molecular flexibility index (Phi) is 8.09. The number of amides is 1. The van der Waals surface area contributed by atoms with Gasteiger partial charge in [0.2, 0.25) is 0 Å². The Morgan fingerprint density at radius 2 is 1.74 bits per heavy atom. The Hall–Kier alpha value is -2.10. The second kappa shape index (κ2) is 9.82. The van der Waals surface area contributed by atoms with Crippen LogP contribution < -0.4 is 5.32 Å². The van der Waals surface area contributed by atoms with E-state index in [2.05, 4.69) is 11.9 Å². The van der Waals surface area contributed by atoms with E-state index in [9.17, 15) is 14.7 Å². The molecule has 0 aromatic heterocycles. The third kappa shape index (κ3) is 7.13. The minimum absolute atomic E-state index is 0.323. The van der Waals surface area contributed by atoms with Crippen LogP contribution in [0.5, 0.6) is 0 Å². The summed E-state index contributed by atoms with van der Waals surface area (Å²) in [6, 6.07) is 4.70. The van der Waals surface area contributed by atoms with Crippen molar-refractivity contribution in [3.63, 3.8) is 0 Å². The molecule has 0 aliphatic carbocycles. The van der Waals surface area contributed by atoms with E-state index < -0.39 is 12.0 Å². The first-order valence-electron chi connectivity index (χ1n) is 8.17. The molecule has 0 radical (unpaired) electrons. The Balaban J connectivity index is 2.53. The topological polar surface area (TPSA) is 66.4 Å². The third-order valence-electron chi connectivity index (χ3n) is 3.74. The summed E-state index contributed by atoms with van der Waals surface area (Å²) < 4.78 is 0. The van der Waals surface area contributed by atoms with E-state index in [1.165, 1.54) is 0 Å². The lowest BCUT2D eigenvalue weighted by Crippen LogP contribution is -2.40. The second-order valence-corrected chi connectivity index (χ2v) is 6.02. The van der Waals surface area contributed by atoms with Gasteiger partial charge in [-0.1, -0.05) is 42.5 Å². The largest absolute Gasteiger partial charge is 0.480 e. The summed E-state index contributed by atoms with van der Waals surface area (Å²) in [6.07, 6.45) is 7.24. The van der Waals surface area contributed by atoms with E-state index in [4.69, 9.17) is 0 Å². The number of unbranched alkanes of at least 4 members (excludes halogenated alkanes) is 4. The van der Waals surface area contributed by atoms with Crippen LogP contribution in [0.3, 0.4) is 0 Å². The van der Waals surface area contributed by atoms with Crippen molar-refractivity contribution in [2.45, 2.75) is 58.4 Å². The van der Waals surface area contributed by atoms with Crippen LogP contribution in [-0.2, 0) is 4.79 Å². The Morgan fingerprint density at radius 1 is 1.13 bits per heavy atom. The van der Waals surface area contributed by atoms with Crippen molar-refractivity contribution < 1.29 is 14.7 Å². The number of aliphatic carboxylic acids is 1. The van der Waals surface area contributed by atoms with E-state index in [1.807, 2.05) is 26.0 Å². The number of allylic oxidation sites excluding steroid dienone is 1. The van der Waals surface area contributed by atoms with E-state index in [-0.39, 0.29) is 5.91 Å². The Bertz CT molecular complexity index is 531. The number of benzene rings is 1. The monoisotopic (exact) mass is 317 g/mol. The molecule has 0 saturated heterocycles. The molecule has 1 rings (SSSR count). The number of carbonyl (C=O) groups is 2. The molecule has 2 N–H and O–H groups in total. The number of aryl methyl sites for hydroxylation is 2. The highest BCUT2D eigenvalue weighted by molar-refractivity contribution is 5.96. The molecule has 1 atom stereocenters. The van der Waals surface area contributed by atoms with E-state index in [1.54, 1.807) is 12.1 Å². The maximum absolute atomic E-state index is 12.3. The minimum Gasteiger partial charge on any atom is -0.480 e. The van der Waals surface area contributed by atoms with E-state index >= 15 is 0 Å². The molecule has 0 saturated carbocycles. The second-order valence-electron chi connectivity index (χ2n) is 6.02. The predicted molar refractivity (Wildman–Crippen MR) is 92.7 cm³/mol. The molecule has 0 spiro atoms. The fourth-order valence-corrected chi connectivity index (χ4v) is 2.60. The zero-order valence-corrected chi connectivity index (χ0v) is 14.1. The summed E-state index contributed by atoms with van der Waals surface area (Å²) in [4.78, 5) is 23.6. The maximum Gasteiger partial charge on any atom is 0.326 e. The number of carboxylic acids is 1. The van der Waals surface area contributed by atoms with Crippen LogP contribution in [-0.4, -0.2) is 23.0 Å². The normalized spacial score (nSPS) is 11.7. The van der Waals surface area contributed by atoms with Gasteiger partial charge < -0.3 is 10.4 Å². The molecule has 23 heavy (non-hydrogen) atoms. The number of carboxylic acid groups (broad SMARTS) is 1. The number of carbonyl (C=O) groups excluding carboxylic acids is 1. The zero-order chi connectivity index (χ0) is 17.2. The summed E-state index contributed by atoms with van der Waals surface area (Å²) >= 11 is 0. The van der Waals surface area contributed by atoms with Gasteiger partial charge in [-0.15, -0.1) is 6.58 Å². The number of rotatable bonds is 10. The van der Waals surface area contributed by atoms with Gasteiger partial charge >= 0.3 is 5.97 Å². The highest BCUT2D eigenvalue weighted by atomic mass is 16.4. The van der Waals surface area contributed by atoms with Gasteiger partial charge in [0.25, 0.3) is 5.91 Å². The van der Waals surface area contributed by atoms with Crippen molar-refractivity contribution in [3.8, 4) is 0 Å². The van der Waals surface area contributed by atoms with Gasteiger partial charge in [0.15, 0.2) is 0 Å². The molecule has 0 bridgehead atoms. The van der Waals surface area contributed by atoms with Gasteiger partial charge in [-0.2, -0.15) is 0 Å². The van der Waals surface area contributed by atoms with Crippen LogP contribution in [0.15, 0.2) is 30.9 Å². The quantitative estimate of drug-likeness (QED) is 0.506. The molecule has 0 heterocycles. The molecule has 1 aromatic rings. The summed E-state index contributed by atoms with van der Waals surface area (Å²) in [5, 5.41) is 11.9. The van der Waals surface area contributed by atoms with Crippen molar-refractivity contribution in [2.75, 3.05) is 0 Å². The van der Waals surface area contributed by atoms with Crippen molar-refractivity contribution in [3.05, 3.63) is 47.5 Å². The average Bonchev–Trinajstić information content (AvgIpc) is 2.48. The fourth-order valence-electron chi connectivity index (χ4n) is 2.60. The third-order valence-corrected chi connectivity index (χ3v) is 3.74. The van der Waals surface area contributed by atoms with Crippen LogP contribution in [0, 0.1) is 13.8 Å². The molecule has 4 heteroatoms. The van der Waals surface area contributed by atoms with Crippen LogP contribution in [0.2, 0.25) is 0 Å². The first kappa shape index (κ1) is 18.9. The lowest BCUT2D eigenvalue weighted by atomic mass is 10.0. The number of hydrogen-bond acceptors (Lipinski definition) is 2. The van der Waals surface area contributed by atoms with Gasteiger partial charge in [0.05, 0.1) is 0 Å². The van der Waals surface area contributed by atoms with Gasteiger partial charge in [-0.05, 0) is 45.2 Å². The number of nitrogens with one attached hydrogen (secondary N) is 1. The van der Waals surface area contributed by atoms with E-state index in [0.29, 0.717) is 12.0 Å². The molecule has 1 amide bonds. The van der Waals surface area contributed by atoms with Crippen molar-refractivity contribution in [1.29, 1.82) is 0 Å². The predicted octanol–water partition coefficient (Wildman–Crippen LogP) is 4.01. The Morgan fingerprint density at radius 3 is 2.30 bits per heavy atom. The smallest absolute Gasteiger partial charge is 0.326 e. The van der Waals surface area contributed by atoms with Crippen molar-refractivity contribution in [2.24, 2.45) is 0 Å². The lowest BCUT2D eigenvalue weighted by molar-refractivity contribution is -0.139. The van der Waals surface area contributed by atoms with Crippen LogP contribution in [0.1, 0.15) is 60.0 Å². The SMILES string of the molecule is C=CCCCCCC[C@H](NC(=O)c1cc(C)cc(C)c1)C(=O)O. The van der Waals surface area contributed by atoms with Crippen molar-refractivity contribution >= 4 is 11.9 Å². The molecule has 4 nitrogen and oxygen atoms in total. The number of hydrogen-bond donors (Lipinski definition) is 2. The molecule has 0 fully saturated rings. The van der Waals surface area contributed by atoms with Crippen LogP contribution in [0.4, 0.5) is 0 Å². The summed E-state index contributed by atoms with van der Waals surface area (Å²) in [5.74, 6) is -1.30. The molecular weight excluding hydrogens is 290 g/mol. The summed E-state index contributed by atoms with van der Waals surface area (Å²) in [6.45, 7) is 7.52. The molecule has 0 aliphatic rings. The Labute approximate surface area is 138 Å². The maximum atomic E-state index is 12.3.